The van der Waals surface area contributed by atoms with Crippen LogP contribution in [0, 0.1) is 5.92 Å². The van der Waals surface area contributed by atoms with E-state index in [0.717, 1.165) is 0 Å². The van der Waals surface area contributed by atoms with Crippen LogP contribution in [0.1, 0.15) is 32.7 Å². The fourth-order valence-electron chi connectivity index (χ4n) is 3.34. The SMILES string of the molecule is CC(C)n1c(SCC(=O)N2CCC(C(N)=O)CC2)nc2cc(Cl)ccc2c1=O. The van der Waals surface area contributed by atoms with Crippen molar-refractivity contribution in [3.63, 3.8) is 0 Å². The Morgan fingerprint density at radius 2 is 2.00 bits per heavy atom. The summed E-state index contributed by atoms with van der Waals surface area (Å²) in [6.45, 7) is 4.85. The van der Waals surface area contributed by atoms with E-state index < -0.39 is 0 Å². The van der Waals surface area contributed by atoms with Gasteiger partial charge in [-0.3, -0.25) is 19.0 Å². The van der Waals surface area contributed by atoms with E-state index in [2.05, 4.69) is 4.98 Å². The van der Waals surface area contributed by atoms with Crippen LogP contribution in [0.3, 0.4) is 0 Å². The molecule has 2 heterocycles. The van der Waals surface area contributed by atoms with Crippen molar-refractivity contribution >= 4 is 46.1 Å². The van der Waals surface area contributed by atoms with E-state index in [9.17, 15) is 14.4 Å². The molecule has 0 aliphatic carbocycles. The molecule has 2 amide bonds. The number of piperidine rings is 1. The summed E-state index contributed by atoms with van der Waals surface area (Å²) in [5.41, 5.74) is 5.72. The molecule has 9 heteroatoms. The van der Waals surface area contributed by atoms with E-state index in [0.29, 0.717) is 47.0 Å². The van der Waals surface area contributed by atoms with Gasteiger partial charge < -0.3 is 10.6 Å². The normalized spacial score (nSPS) is 15.4. The zero-order valence-electron chi connectivity index (χ0n) is 15.9. The summed E-state index contributed by atoms with van der Waals surface area (Å²) in [6.07, 6.45) is 1.18. The lowest BCUT2D eigenvalue weighted by molar-refractivity contribution is -0.132. The molecule has 1 aromatic carbocycles. The van der Waals surface area contributed by atoms with Crippen molar-refractivity contribution in [3.8, 4) is 0 Å². The summed E-state index contributed by atoms with van der Waals surface area (Å²) in [5, 5.41) is 1.50. The molecule has 1 aliphatic rings. The number of benzene rings is 1. The first-order chi connectivity index (χ1) is 13.3. The highest BCUT2D eigenvalue weighted by Gasteiger charge is 2.26. The lowest BCUT2D eigenvalue weighted by Gasteiger charge is -2.30. The van der Waals surface area contributed by atoms with Crippen molar-refractivity contribution in [3.05, 3.63) is 33.6 Å². The van der Waals surface area contributed by atoms with Crippen molar-refractivity contribution < 1.29 is 9.59 Å². The maximum atomic E-state index is 12.9. The van der Waals surface area contributed by atoms with Crippen LogP contribution in [0.4, 0.5) is 0 Å². The molecular formula is C19H23ClN4O3S. The molecule has 1 saturated heterocycles. The first kappa shape index (κ1) is 20.7. The number of carbonyl (C=O) groups is 2. The zero-order chi connectivity index (χ0) is 20.4. The third-order valence-electron chi connectivity index (χ3n) is 4.92. The predicted molar refractivity (Wildman–Crippen MR) is 111 cm³/mol. The lowest BCUT2D eigenvalue weighted by atomic mass is 9.96. The summed E-state index contributed by atoms with van der Waals surface area (Å²) in [6, 6.07) is 4.91. The number of nitrogens with two attached hydrogens (primary N) is 1. The number of fused-ring (bicyclic) bond motifs is 1. The van der Waals surface area contributed by atoms with E-state index >= 15 is 0 Å². The van der Waals surface area contributed by atoms with E-state index in [4.69, 9.17) is 17.3 Å². The standard InChI is InChI=1S/C19H23ClN4O3S/c1-11(2)24-18(27)14-4-3-13(20)9-15(14)22-19(24)28-10-16(25)23-7-5-12(6-8-23)17(21)26/h3-4,9,11-12H,5-8,10H2,1-2H3,(H2,21,26). The van der Waals surface area contributed by atoms with Gasteiger partial charge in [0.25, 0.3) is 5.56 Å². The van der Waals surface area contributed by atoms with E-state index in [1.165, 1.54) is 11.8 Å². The minimum atomic E-state index is -0.304. The molecule has 0 atom stereocenters. The zero-order valence-corrected chi connectivity index (χ0v) is 17.4. The number of aromatic nitrogens is 2. The Bertz CT molecular complexity index is 968. The Morgan fingerprint density at radius 1 is 1.32 bits per heavy atom. The van der Waals surface area contributed by atoms with Crippen molar-refractivity contribution in [1.82, 2.24) is 14.5 Å². The lowest BCUT2D eigenvalue weighted by Crippen LogP contribution is -2.42. The molecule has 0 unspecified atom stereocenters. The van der Waals surface area contributed by atoms with Gasteiger partial charge in [0.2, 0.25) is 11.8 Å². The Kier molecular flexibility index (Phi) is 6.30. The van der Waals surface area contributed by atoms with Crippen LogP contribution in [0.15, 0.2) is 28.2 Å². The summed E-state index contributed by atoms with van der Waals surface area (Å²) < 4.78 is 1.60. The summed E-state index contributed by atoms with van der Waals surface area (Å²) >= 11 is 7.28. The highest BCUT2D eigenvalue weighted by atomic mass is 35.5. The number of hydrogen-bond acceptors (Lipinski definition) is 5. The molecule has 0 bridgehead atoms. The molecule has 2 N–H and O–H groups in total. The van der Waals surface area contributed by atoms with Crippen LogP contribution < -0.4 is 11.3 Å². The molecule has 7 nitrogen and oxygen atoms in total. The van der Waals surface area contributed by atoms with Crippen LogP contribution >= 0.6 is 23.4 Å². The summed E-state index contributed by atoms with van der Waals surface area (Å²) in [5.74, 6) is -0.327. The number of amides is 2. The predicted octanol–water partition coefficient (Wildman–Crippen LogP) is 2.45. The number of thioether (sulfide) groups is 1. The van der Waals surface area contributed by atoms with Gasteiger partial charge in [-0.05, 0) is 44.9 Å². The third kappa shape index (κ3) is 4.33. The molecule has 1 aromatic heterocycles. The molecule has 1 aliphatic heterocycles. The molecule has 2 aromatic rings. The number of primary amides is 1. The van der Waals surface area contributed by atoms with E-state index in [1.807, 2.05) is 13.8 Å². The van der Waals surface area contributed by atoms with Gasteiger partial charge in [0.15, 0.2) is 5.16 Å². The Hall–Kier alpha value is -2.06. The van der Waals surface area contributed by atoms with Crippen molar-refractivity contribution in [2.75, 3.05) is 18.8 Å². The highest BCUT2D eigenvalue weighted by molar-refractivity contribution is 7.99. The number of likely N-dealkylation sites (tertiary alicyclic amines) is 1. The molecule has 28 heavy (non-hydrogen) atoms. The molecule has 3 rings (SSSR count). The first-order valence-electron chi connectivity index (χ1n) is 9.19. The quantitative estimate of drug-likeness (QED) is 0.589. The number of halogens is 1. The molecule has 0 radical (unpaired) electrons. The molecule has 150 valence electrons. The second-order valence-electron chi connectivity index (χ2n) is 7.17. The maximum absolute atomic E-state index is 12.9. The number of rotatable bonds is 5. The van der Waals surface area contributed by atoms with E-state index in [-0.39, 0.29) is 35.1 Å². The van der Waals surface area contributed by atoms with Crippen molar-refractivity contribution in [2.45, 2.75) is 37.9 Å². The second kappa shape index (κ2) is 8.53. The highest BCUT2D eigenvalue weighted by Crippen LogP contribution is 2.24. The average Bonchev–Trinajstić information content (AvgIpc) is 2.65. The van der Waals surface area contributed by atoms with Crippen LogP contribution in [-0.4, -0.2) is 45.1 Å². The molecule has 0 spiro atoms. The second-order valence-corrected chi connectivity index (χ2v) is 8.55. The fraction of sp³-hybridized carbons (Fsp3) is 0.474. The Morgan fingerprint density at radius 3 is 2.61 bits per heavy atom. The molecule has 1 fully saturated rings. The number of nitrogens with zero attached hydrogens (tertiary/aromatic N) is 3. The topological polar surface area (TPSA) is 98.3 Å². The van der Waals surface area contributed by atoms with Gasteiger partial charge in [0.1, 0.15) is 0 Å². The minimum Gasteiger partial charge on any atom is -0.369 e. The summed E-state index contributed by atoms with van der Waals surface area (Å²) in [4.78, 5) is 43.0. The Labute approximate surface area is 172 Å². The van der Waals surface area contributed by atoms with Gasteiger partial charge in [-0.2, -0.15) is 0 Å². The number of carbonyl (C=O) groups excluding carboxylic acids is 2. The van der Waals surface area contributed by atoms with Crippen LogP contribution in [0.2, 0.25) is 5.02 Å². The molecular weight excluding hydrogens is 400 g/mol. The summed E-state index contributed by atoms with van der Waals surface area (Å²) in [7, 11) is 0. The monoisotopic (exact) mass is 422 g/mol. The van der Waals surface area contributed by atoms with Gasteiger partial charge in [-0.15, -0.1) is 0 Å². The average molecular weight is 423 g/mol. The van der Waals surface area contributed by atoms with Crippen LogP contribution in [0.25, 0.3) is 10.9 Å². The number of hydrogen-bond donors (Lipinski definition) is 1. The van der Waals surface area contributed by atoms with Crippen molar-refractivity contribution in [1.29, 1.82) is 0 Å². The van der Waals surface area contributed by atoms with Gasteiger partial charge in [-0.1, -0.05) is 23.4 Å². The third-order valence-corrected chi connectivity index (χ3v) is 6.09. The largest absolute Gasteiger partial charge is 0.369 e. The minimum absolute atomic E-state index is 0.0383. The van der Waals surface area contributed by atoms with E-state index in [1.54, 1.807) is 27.7 Å². The maximum Gasteiger partial charge on any atom is 0.262 e. The molecule has 0 saturated carbocycles. The van der Waals surface area contributed by atoms with Crippen LogP contribution in [-0.2, 0) is 9.59 Å². The smallest absolute Gasteiger partial charge is 0.262 e. The van der Waals surface area contributed by atoms with Gasteiger partial charge >= 0.3 is 0 Å². The van der Waals surface area contributed by atoms with Gasteiger partial charge in [0.05, 0.1) is 16.7 Å². The van der Waals surface area contributed by atoms with Gasteiger partial charge in [0, 0.05) is 30.1 Å². The van der Waals surface area contributed by atoms with Gasteiger partial charge in [-0.25, -0.2) is 4.98 Å². The fourth-order valence-corrected chi connectivity index (χ4v) is 4.54. The van der Waals surface area contributed by atoms with Crippen LogP contribution in [0.5, 0.6) is 0 Å². The Balaban J connectivity index is 1.78. The van der Waals surface area contributed by atoms with Crippen molar-refractivity contribution in [2.24, 2.45) is 11.7 Å². The first-order valence-corrected chi connectivity index (χ1v) is 10.6.